The minimum atomic E-state index is -1.13. The third-order valence-corrected chi connectivity index (χ3v) is 4.18. The molecule has 0 aliphatic heterocycles. The van der Waals surface area contributed by atoms with Gasteiger partial charge in [-0.2, -0.15) is 0 Å². The summed E-state index contributed by atoms with van der Waals surface area (Å²) < 4.78 is 4.96. The molecule has 3 aromatic carbocycles. The molecule has 0 aliphatic carbocycles. The van der Waals surface area contributed by atoms with Crippen molar-refractivity contribution in [2.24, 2.45) is 0 Å². The molecule has 2 N–H and O–H groups in total. The average molecular weight is 401 g/mol. The number of carbonyl (C=O) groups excluding carboxylic acids is 2. The molecule has 1 amide bonds. The maximum Gasteiger partial charge on any atom is 0.337 e. The van der Waals surface area contributed by atoms with E-state index in [9.17, 15) is 19.5 Å². The second-order valence-electron chi connectivity index (χ2n) is 6.42. The second kappa shape index (κ2) is 9.34. The van der Waals surface area contributed by atoms with E-state index in [0.29, 0.717) is 5.75 Å². The van der Waals surface area contributed by atoms with E-state index in [0.717, 1.165) is 16.7 Å². The Morgan fingerprint density at radius 2 is 1.60 bits per heavy atom. The van der Waals surface area contributed by atoms with Crippen LogP contribution in [0.1, 0.15) is 22.8 Å². The van der Waals surface area contributed by atoms with Crippen LogP contribution in [0.5, 0.6) is 5.75 Å². The van der Waals surface area contributed by atoms with Gasteiger partial charge in [-0.25, -0.2) is 4.79 Å². The predicted molar refractivity (Wildman–Crippen MR) is 114 cm³/mol. The van der Waals surface area contributed by atoms with Crippen molar-refractivity contribution in [2.45, 2.75) is 6.92 Å². The van der Waals surface area contributed by atoms with Crippen molar-refractivity contribution in [1.29, 1.82) is 0 Å². The monoisotopic (exact) mass is 401 g/mol. The molecular weight excluding hydrogens is 382 g/mol. The van der Waals surface area contributed by atoms with Gasteiger partial charge >= 0.3 is 11.9 Å². The number of amides is 1. The molecule has 0 saturated heterocycles. The summed E-state index contributed by atoms with van der Waals surface area (Å²) in [5.41, 5.74) is 2.64. The van der Waals surface area contributed by atoms with E-state index in [1.807, 2.05) is 30.3 Å². The van der Waals surface area contributed by atoms with Crippen molar-refractivity contribution in [3.05, 3.63) is 90.0 Å². The van der Waals surface area contributed by atoms with Gasteiger partial charge in [-0.05, 0) is 47.0 Å². The predicted octanol–water partition coefficient (Wildman–Crippen LogP) is 4.63. The van der Waals surface area contributed by atoms with Gasteiger partial charge in [0, 0.05) is 13.0 Å². The first-order valence-corrected chi connectivity index (χ1v) is 9.12. The van der Waals surface area contributed by atoms with Gasteiger partial charge in [-0.1, -0.05) is 48.5 Å². The summed E-state index contributed by atoms with van der Waals surface area (Å²) in [5, 5.41) is 12.1. The van der Waals surface area contributed by atoms with Crippen molar-refractivity contribution >= 4 is 29.6 Å². The second-order valence-corrected chi connectivity index (χ2v) is 6.42. The Bertz CT molecular complexity index is 1100. The Hall–Kier alpha value is -4.19. The Morgan fingerprint density at radius 3 is 2.23 bits per heavy atom. The lowest BCUT2D eigenvalue weighted by molar-refractivity contribution is -0.131. The minimum Gasteiger partial charge on any atom is -0.478 e. The third-order valence-electron chi connectivity index (χ3n) is 4.18. The SMILES string of the molecule is CC(=O)Oc1ccc(C=CC(=O)Nc2cc(-c3ccccc3)ccc2C(=O)O)cc1. The summed E-state index contributed by atoms with van der Waals surface area (Å²) in [6.45, 7) is 1.32. The fraction of sp³-hybridized carbons (Fsp3) is 0.0417. The summed E-state index contributed by atoms with van der Waals surface area (Å²) >= 11 is 0. The summed E-state index contributed by atoms with van der Waals surface area (Å²) in [7, 11) is 0. The Labute approximate surface area is 173 Å². The first-order chi connectivity index (χ1) is 14.4. The molecule has 6 nitrogen and oxygen atoms in total. The smallest absolute Gasteiger partial charge is 0.337 e. The lowest BCUT2D eigenvalue weighted by atomic mass is 10.0. The molecule has 150 valence electrons. The molecule has 0 radical (unpaired) electrons. The number of carboxylic acids is 1. The topological polar surface area (TPSA) is 92.7 Å². The van der Waals surface area contributed by atoms with Gasteiger partial charge in [0.2, 0.25) is 5.91 Å². The maximum absolute atomic E-state index is 12.4. The molecular formula is C24H19NO5. The molecule has 0 bridgehead atoms. The van der Waals surface area contributed by atoms with Crippen LogP contribution in [-0.4, -0.2) is 23.0 Å². The number of nitrogens with one attached hydrogen (secondary N) is 1. The number of esters is 1. The highest BCUT2D eigenvalue weighted by Gasteiger charge is 2.13. The number of hydrogen-bond acceptors (Lipinski definition) is 4. The molecule has 0 fully saturated rings. The van der Waals surface area contributed by atoms with Crippen LogP contribution in [0.4, 0.5) is 5.69 Å². The van der Waals surface area contributed by atoms with Gasteiger partial charge in [0.05, 0.1) is 11.3 Å². The number of hydrogen-bond donors (Lipinski definition) is 2. The van der Waals surface area contributed by atoms with Crippen LogP contribution >= 0.6 is 0 Å². The van der Waals surface area contributed by atoms with Gasteiger partial charge in [0.1, 0.15) is 5.75 Å². The van der Waals surface area contributed by atoms with Gasteiger partial charge in [-0.15, -0.1) is 0 Å². The maximum atomic E-state index is 12.4. The lowest BCUT2D eigenvalue weighted by Crippen LogP contribution is -2.12. The number of carboxylic acid groups (broad SMARTS) is 1. The average Bonchev–Trinajstić information content (AvgIpc) is 2.73. The van der Waals surface area contributed by atoms with Crippen LogP contribution in [0, 0.1) is 0 Å². The van der Waals surface area contributed by atoms with Crippen LogP contribution in [-0.2, 0) is 9.59 Å². The van der Waals surface area contributed by atoms with E-state index < -0.39 is 17.8 Å². The van der Waals surface area contributed by atoms with E-state index in [1.165, 1.54) is 19.1 Å². The van der Waals surface area contributed by atoms with Crippen LogP contribution in [0.2, 0.25) is 0 Å². The van der Waals surface area contributed by atoms with Crippen LogP contribution in [0.25, 0.3) is 17.2 Å². The number of aromatic carboxylic acids is 1. The highest BCUT2D eigenvalue weighted by Crippen LogP contribution is 2.26. The lowest BCUT2D eigenvalue weighted by Gasteiger charge is -2.10. The molecule has 0 atom stereocenters. The van der Waals surface area contributed by atoms with Crippen molar-refractivity contribution in [1.82, 2.24) is 0 Å². The molecule has 3 rings (SSSR count). The van der Waals surface area contributed by atoms with E-state index in [4.69, 9.17) is 4.74 Å². The van der Waals surface area contributed by atoms with Crippen molar-refractivity contribution in [3.8, 4) is 16.9 Å². The van der Waals surface area contributed by atoms with E-state index in [-0.39, 0.29) is 11.3 Å². The number of anilines is 1. The zero-order chi connectivity index (χ0) is 21.5. The minimum absolute atomic E-state index is 0.00201. The molecule has 0 aromatic heterocycles. The first-order valence-electron chi connectivity index (χ1n) is 9.12. The van der Waals surface area contributed by atoms with E-state index in [2.05, 4.69) is 5.32 Å². The molecule has 0 heterocycles. The quantitative estimate of drug-likeness (QED) is 0.357. The Kier molecular flexibility index (Phi) is 6.39. The van der Waals surface area contributed by atoms with Crippen LogP contribution < -0.4 is 10.1 Å². The van der Waals surface area contributed by atoms with Gasteiger partial charge in [0.25, 0.3) is 0 Å². The summed E-state index contributed by atoms with van der Waals surface area (Å²) in [6.07, 6.45) is 2.88. The normalized spacial score (nSPS) is 10.6. The summed E-state index contributed by atoms with van der Waals surface area (Å²) in [4.78, 5) is 34.8. The van der Waals surface area contributed by atoms with Gasteiger partial charge in [-0.3, -0.25) is 9.59 Å². The summed E-state index contributed by atoms with van der Waals surface area (Å²) in [6, 6.07) is 20.9. The fourth-order valence-corrected chi connectivity index (χ4v) is 2.80. The molecule has 30 heavy (non-hydrogen) atoms. The van der Waals surface area contributed by atoms with Crippen LogP contribution in [0.3, 0.4) is 0 Å². The van der Waals surface area contributed by atoms with Crippen LogP contribution in [0.15, 0.2) is 78.9 Å². The summed E-state index contributed by atoms with van der Waals surface area (Å²) in [5.74, 6) is -1.60. The number of carbonyl (C=O) groups is 3. The van der Waals surface area contributed by atoms with Gasteiger partial charge in [0.15, 0.2) is 0 Å². The van der Waals surface area contributed by atoms with Crippen molar-refractivity contribution < 1.29 is 24.2 Å². The number of ether oxygens (including phenoxy) is 1. The number of rotatable bonds is 6. The largest absolute Gasteiger partial charge is 0.478 e. The van der Waals surface area contributed by atoms with E-state index in [1.54, 1.807) is 42.5 Å². The molecule has 0 spiro atoms. The highest BCUT2D eigenvalue weighted by molar-refractivity contribution is 6.06. The van der Waals surface area contributed by atoms with Crippen molar-refractivity contribution in [2.75, 3.05) is 5.32 Å². The molecule has 0 unspecified atom stereocenters. The fourth-order valence-electron chi connectivity index (χ4n) is 2.80. The standard InChI is InChI=1S/C24H19NO5/c1-16(26)30-20-11-7-17(8-12-20)9-14-23(27)25-22-15-19(10-13-21(22)24(28)29)18-5-3-2-4-6-18/h2-15H,1H3,(H,25,27)(H,28,29). The number of benzene rings is 3. The Balaban J connectivity index is 1.77. The molecule has 3 aromatic rings. The highest BCUT2D eigenvalue weighted by atomic mass is 16.5. The zero-order valence-corrected chi connectivity index (χ0v) is 16.2. The van der Waals surface area contributed by atoms with E-state index >= 15 is 0 Å². The molecule has 0 aliphatic rings. The third kappa shape index (κ3) is 5.42. The van der Waals surface area contributed by atoms with Gasteiger partial charge < -0.3 is 15.2 Å². The molecule has 0 saturated carbocycles. The first kappa shape index (κ1) is 20.5. The molecule has 6 heteroatoms. The zero-order valence-electron chi connectivity index (χ0n) is 16.2. The Morgan fingerprint density at radius 1 is 0.900 bits per heavy atom. The van der Waals surface area contributed by atoms with Crippen molar-refractivity contribution in [3.63, 3.8) is 0 Å².